The molecule has 0 N–H and O–H groups in total. The van der Waals surface area contributed by atoms with Gasteiger partial charge in [0, 0.05) is 0 Å². The Morgan fingerprint density at radius 1 is 0.333 bits per heavy atom. The van der Waals surface area contributed by atoms with E-state index in [4.69, 9.17) is 14.2 Å². The van der Waals surface area contributed by atoms with Crippen LogP contribution in [0.25, 0.3) is 36.5 Å². The van der Waals surface area contributed by atoms with Crippen LogP contribution in [0, 0.1) is 0 Å². The number of benzene rings is 4. The van der Waals surface area contributed by atoms with Gasteiger partial charge in [0.05, 0.1) is 21.3 Å². The third kappa shape index (κ3) is 7.00. The maximum Gasteiger partial charge on any atom is 0.118 e. The summed E-state index contributed by atoms with van der Waals surface area (Å²) in [4.78, 5) is 0. The van der Waals surface area contributed by atoms with Gasteiger partial charge < -0.3 is 14.2 Å². The number of hydrogen-bond acceptors (Lipinski definition) is 3. The summed E-state index contributed by atoms with van der Waals surface area (Å²) in [5, 5.41) is 0. The summed E-state index contributed by atoms with van der Waals surface area (Å²) in [5.74, 6) is 2.55. The molecule has 36 heavy (non-hydrogen) atoms. The van der Waals surface area contributed by atoms with E-state index in [1.165, 1.54) is 0 Å². The molecule has 4 aromatic carbocycles. The predicted octanol–water partition coefficient (Wildman–Crippen LogP) is 8.22. The predicted molar refractivity (Wildman–Crippen MR) is 152 cm³/mol. The number of hydrogen-bond donors (Lipinski definition) is 0. The van der Waals surface area contributed by atoms with Crippen molar-refractivity contribution in [1.29, 1.82) is 0 Å². The van der Waals surface area contributed by atoms with E-state index in [9.17, 15) is 0 Å². The lowest BCUT2D eigenvalue weighted by atomic mass is 10.0. The topological polar surface area (TPSA) is 27.7 Å². The van der Waals surface area contributed by atoms with Gasteiger partial charge in [-0.25, -0.2) is 0 Å². The van der Waals surface area contributed by atoms with Gasteiger partial charge in [0.2, 0.25) is 0 Å². The van der Waals surface area contributed by atoms with E-state index in [1.54, 1.807) is 21.3 Å². The molecule has 4 rings (SSSR count). The van der Waals surface area contributed by atoms with Crippen molar-refractivity contribution in [2.24, 2.45) is 0 Å². The van der Waals surface area contributed by atoms with Crippen molar-refractivity contribution in [1.82, 2.24) is 0 Å². The Balaban J connectivity index is 1.62. The molecule has 0 atom stereocenters. The first-order valence-electron chi connectivity index (χ1n) is 11.8. The highest BCUT2D eigenvalue weighted by Gasteiger charge is 1.99. The van der Waals surface area contributed by atoms with Crippen molar-refractivity contribution in [3.63, 3.8) is 0 Å². The van der Waals surface area contributed by atoms with E-state index >= 15 is 0 Å². The van der Waals surface area contributed by atoms with Gasteiger partial charge in [0.1, 0.15) is 17.2 Å². The summed E-state index contributed by atoms with van der Waals surface area (Å²) in [6.07, 6.45) is 12.7. The third-order valence-electron chi connectivity index (χ3n) is 5.75. The molecule has 0 spiro atoms. The van der Waals surface area contributed by atoms with Crippen molar-refractivity contribution < 1.29 is 14.2 Å². The van der Waals surface area contributed by atoms with Gasteiger partial charge in [-0.3, -0.25) is 0 Å². The molecule has 0 fully saturated rings. The summed E-state index contributed by atoms with van der Waals surface area (Å²) >= 11 is 0. The zero-order valence-electron chi connectivity index (χ0n) is 20.8. The molecule has 4 aromatic rings. The lowest BCUT2D eigenvalue weighted by Crippen LogP contribution is -1.84. The Morgan fingerprint density at radius 3 is 0.778 bits per heavy atom. The molecule has 0 saturated carbocycles. The van der Waals surface area contributed by atoms with Gasteiger partial charge in [-0.1, -0.05) is 72.9 Å². The largest absolute Gasteiger partial charge is 0.497 e. The molecule has 0 unspecified atom stereocenters. The first kappa shape index (κ1) is 24.6. The second kappa shape index (κ2) is 12.3. The zero-order chi connectivity index (χ0) is 25.2. The maximum absolute atomic E-state index is 5.26. The van der Waals surface area contributed by atoms with Gasteiger partial charge in [0.15, 0.2) is 0 Å². The average molecular weight is 475 g/mol. The first-order chi connectivity index (χ1) is 17.6. The molecule has 0 radical (unpaired) electrons. The third-order valence-corrected chi connectivity index (χ3v) is 5.75. The van der Waals surface area contributed by atoms with E-state index in [0.717, 1.165) is 50.6 Å². The molecule has 0 heterocycles. The highest BCUT2D eigenvalue weighted by molar-refractivity contribution is 5.79. The van der Waals surface area contributed by atoms with Gasteiger partial charge in [-0.15, -0.1) is 0 Å². The summed E-state index contributed by atoms with van der Waals surface area (Å²) in [7, 11) is 5.03. The van der Waals surface area contributed by atoms with Crippen LogP contribution in [0.15, 0.2) is 91.0 Å². The molecule has 0 aliphatic carbocycles. The molecule has 0 bridgehead atoms. The lowest BCUT2D eigenvalue weighted by Gasteiger charge is -2.04. The van der Waals surface area contributed by atoms with Gasteiger partial charge in [-0.2, -0.15) is 0 Å². The summed E-state index contributed by atoms with van der Waals surface area (Å²) < 4.78 is 15.8. The standard InChI is InChI=1S/C33H30O3/c1-34-31-16-10-25(11-17-31)4-7-28-22-29(8-5-26-12-18-32(35-2)19-13-26)24-30(23-28)9-6-27-14-20-33(36-3)21-15-27/h4-24H,1-3H3. The van der Waals surface area contributed by atoms with Crippen LogP contribution in [0.1, 0.15) is 33.4 Å². The van der Waals surface area contributed by atoms with Crippen molar-refractivity contribution >= 4 is 36.5 Å². The van der Waals surface area contributed by atoms with E-state index in [2.05, 4.69) is 54.7 Å². The van der Waals surface area contributed by atoms with Gasteiger partial charge >= 0.3 is 0 Å². The number of ether oxygens (including phenoxy) is 3. The van der Waals surface area contributed by atoms with Crippen molar-refractivity contribution in [2.45, 2.75) is 0 Å². The van der Waals surface area contributed by atoms with Crippen molar-refractivity contribution in [2.75, 3.05) is 21.3 Å². The number of methoxy groups -OCH3 is 3. The fraction of sp³-hybridized carbons (Fsp3) is 0.0909. The van der Waals surface area contributed by atoms with E-state index < -0.39 is 0 Å². The lowest BCUT2D eigenvalue weighted by molar-refractivity contribution is 0.414. The quantitative estimate of drug-likeness (QED) is 0.229. The Hall–Kier alpha value is -4.50. The van der Waals surface area contributed by atoms with Crippen LogP contribution in [0.3, 0.4) is 0 Å². The van der Waals surface area contributed by atoms with E-state index in [1.807, 2.05) is 72.8 Å². The molecule has 180 valence electrons. The fourth-order valence-electron chi connectivity index (χ4n) is 3.71. The van der Waals surface area contributed by atoms with E-state index in [0.29, 0.717) is 0 Å². The van der Waals surface area contributed by atoms with Crippen LogP contribution in [-0.2, 0) is 0 Å². The van der Waals surface area contributed by atoms with E-state index in [-0.39, 0.29) is 0 Å². The molecule has 0 saturated heterocycles. The highest BCUT2D eigenvalue weighted by atomic mass is 16.5. The van der Waals surface area contributed by atoms with Crippen LogP contribution in [0.5, 0.6) is 17.2 Å². The second-order valence-corrected chi connectivity index (χ2v) is 8.25. The minimum Gasteiger partial charge on any atom is -0.497 e. The monoisotopic (exact) mass is 474 g/mol. The number of rotatable bonds is 9. The molecule has 3 heteroatoms. The molecular formula is C33H30O3. The Morgan fingerprint density at radius 2 is 0.556 bits per heavy atom. The normalized spacial score (nSPS) is 11.4. The minimum absolute atomic E-state index is 0.851. The van der Waals surface area contributed by atoms with Gasteiger partial charge in [0.25, 0.3) is 0 Å². The molecule has 0 aliphatic rings. The summed E-state index contributed by atoms with van der Waals surface area (Å²) in [5.41, 5.74) is 6.71. The Labute approximate surface area is 213 Å². The molecular weight excluding hydrogens is 444 g/mol. The van der Waals surface area contributed by atoms with Crippen LogP contribution < -0.4 is 14.2 Å². The zero-order valence-corrected chi connectivity index (χ0v) is 20.8. The average Bonchev–Trinajstić information content (AvgIpc) is 2.94. The first-order valence-corrected chi connectivity index (χ1v) is 11.8. The highest BCUT2D eigenvalue weighted by Crippen LogP contribution is 2.21. The summed E-state index contributed by atoms with van der Waals surface area (Å²) in [6, 6.07) is 30.7. The molecule has 3 nitrogen and oxygen atoms in total. The molecule has 0 amide bonds. The van der Waals surface area contributed by atoms with Crippen LogP contribution in [0.4, 0.5) is 0 Å². The maximum atomic E-state index is 5.26. The Kier molecular flexibility index (Phi) is 8.39. The fourth-order valence-corrected chi connectivity index (χ4v) is 3.71. The van der Waals surface area contributed by atoms with Crippen LogP contribution in [0.2, 0.25) is 0 Å². The van der Waals surface area contributed by atoms with Crippen molar-refractivity contribution in [3.8, 4) is 17.2 Å². The molecule has 0 aliphatic heterocycles. The second-order valence-electron chi connectivity index (χ2n) is 8.25. The Bertz CT molecular complexity index is 1160. The van der Waals surface area contributed by atoms with Crippen molar-refractivity contribution in [3.05, 3.63) is 124 Å². The van der Waals surface area contributed by atoms with Gasteiger partial charge in [-0.05, 0) is 88.0 Å². The van der Waals surface area contributed by atoms with Crippen LogP contribution >= 0.6 is 0 Å². The molecule has 0 aromatic heterocycles. The minimum atomic E-state index is 0.851. The van der Waals surface area contributed by atoms with Crippen LogP contribution in [-0.4, -0.2) is 21.3 Å². The summed E-state index contributed by atoms with van der Waals surface area (Å²) in [6.45, 7) is 0. The smallest absolute Gasteiger partial charge is 0.118 e. The SMILES string of the molecule is COc1ccc(C=Cc2cc(C=Cc3ccc(OC)cc3)cc(C=Cc3ccc(OC)cc3)c2)cc1.